The fraction of sp³-hybridized carbons (Fsp3) is 0.517. The van der Waals surface area contributed by atoms with E-state index in [2.05, 4.69) is 74.2 Å². The Balaban J connectivity index is 2.68. The zero-order valence-electron chi connectivity index (χ0n) is 20.9. The van der Waals surface area contributed by atoms with E-state index in [9.17, 15) is 0 Å². The Hall–Kier alpha value is -2.20. The molecule has 0 atom stereocenters. The maximum Gasteiger partial charge on any atom is 0.125 e. The molecule has 0 unspecified atom stereocenters. The summed E-state index contributed by atoms with van der Waals surface area (Å²) in [6.45, 7) is 22.7. The van der Waals surface area contributed by atoms with Crippen molar-refractivity contribution < 1.29 is 4.74 Å². The SMILES string of the molecule is CCCCCc1c(C)c(C)c(C)c(C)c1C#Cc1c(C)c(C)c(OCC)c(C)c1C. The van der Waals surface area contributed by atoms with Crippen LogP contribution in [0.3, 0.4) is 0 Å². The van der Waals surface area contributed by atoms with E-state index >= 15 is 0 Å². The molecule has 0 aliphatic heterocycles. The van der Waals surface area contributed by atoms with Gasteiger partial charge in [0.1, 0.15) is 5.75 Å². The standard InChI is InChI=1S/C29H40O/c1-11-13-14-15-27-20(5)18(3)19(4)21(6)28(27)17-16-26-22(7)24(9)29(30-12-2)25(10)23(26)8/h11-15H2,1-10H3. The molecular weight excluding hydrogens is 364 g/mol. The van der Waals surface area contributed by atoms with Crippen LogP contribution < -0.4 is 4.74 Å². The van der Waals surface area contributed by atoms with E-state index in [0.29, 0.717) is 6.61 Å². The lowest BCUT2D eigenvalue weighted by atomic mass is 9.86. The first kappa shape index (κ1) is 24.1. The van der Waals surface area contributed by atoms with Crippen LogP contribution in [0.2, 0.25) is 0 Å². The molecule has 0 N–H and O–H groups in total. The molecule has 162 valence electrons. The van der Waals surface area contributed by atoms with Gasteiger partial charge in [-0.1, -0.05) is 31.6 Å². The van der Waals surface area contributed by atoms with Gasteiger partial charge in [-0.3, -0.25) is 0 Å². The predicted octanol–water partition coefficient (Wildman–Crippen LogP) is 7.69. The normalized spacial score (nSPS) is 10.7. The lowest BCUT2D eigenvalue weighted by Gasteiger charge is -2.19. The summed E-state index contributed by atoms with van der Waals surface area (Å²) in [5.74, 6) is 8.24. The second-order valence-electron chi connectivity index (χ2n) is 8.70. The van der Waals surface area contributed by atoms with Crippen LogP contribution in [-0.4, -0.2) is 6.61 Å². The number of hydrogen-bond acceptors (Lipinski definition) is 1. The van der Waals surface area contributed by atoms with Gasteiger partial charge < -0.3 is 4.74 Å². The highest BCUT2D eigenvalue weighted by Gasteiger charge is 2.16. The van der Waals surface area contributed by atoms with Crippen molar-refractivity contribution in [3.63, 3.8) is 0 Å². The number of benzene rings is 2. The van der Waals surface area contributed by atoms with Crippen LogP contribution >= 0.6 is 0 Å². The minimum absolute atomic E-state index is 0.688. The molecule has 0 bridgehead atoms. The second-order valence-corrected chi connectivity index (χ2v) is 8.70. The summed E-state index contributed by atoms with van der Waals surface area (Å²) in [6, 6.07) is 0. The first-order valence-corrected chi connectivity index (χ1v) is 11.5. The molecule has 0 fully saturated rings. The maximum atomic E-state index is 5.94. The smallest absolute Gasteiger partial charge is 0.125 e. The Morgan fingerprint density at radius 3 is 1.60 bits per heavy atom. The van der Waals surface area contributed by atoms with Crippen molar-refractivity contribution in [2.75, 3.05) is 6.61 Å². The summed E-state index contributed by atoms with van der Waals surface area (Å²) >= 11 is 0. The first-order chi connectivity index (χ1) is 14.2. The Morgan fingerprint density at radius 1 is 0.567 bits per heavy atom. The molecule has 2 aromatic rings. The third kappa shape index (κ3) is 4.59. The molecule has 1 nitrogen and oxygen atoms in total. The van der Waals surface area contributed by atoms with Crippen molar-refractivity contribution in [3.05, 3.63) is 61.2 Å². The van der Waals surface area contributed by atoms with Gasteiger partial charge in [0.2, 0.25) is 0 Å². The van der Waals surface area contributed by atoms with Crippen molar-refractivity contribution in [3.8, 4) is 17.6 Å². The summed E-state index contributed by atoms with van der Waals surface area (Å²) in [4.78, 5) is 0. The molecule has 0 aromatic heterocycles. The fourth-order valence-electron chi connectivity index (χ4n) is 4.38. The lowest BCUT2D eigenvalue weighted by Crippen LogP contribution is -2.05. The van der Waals surface area contributed by atoms with E-state index < -0.39 is 0 Å². The summed E-state index contributed by atoms with van der Waals surface area (Å²) in [5.41, 5.74) is 14.3. The molecule has 1 heteroatoms. The Kier molecular flexibility index (Phi) is 8.19. The van der Waals surface area contributed by atoms with Crippen LogP contribution in [-0.2, 0) is 6.42 Å². The summed E-state index contributed by atoms with van der Waals surface area (Å²) in [7, 11) is 0. The highest BCUT2D eigenvalue weighted by atomic mass is 16.5. The van der Waals surface area contributed by atoms with E-state index in [0.717, 1.165) is 17.7 Å². The number of hydrogen-bond donors (Lipinski definition) is 0. The largest absolute Gasteiger partial charge is 0.493 e. The van der Waals surface area contributed by atoms with Gasteiger partial charge in [0.05, 0.1) is 6.61 Å². The van der Waals surface area contributed by atoms with Gasteiger partial charge in [0, 0.05) is 11.1 Å². The van der Waals surface area contributed by atoms with E-state index in [4.69, 9.17) is 4.74 Å². The van der Waals surface area contributed by atoms with E-state index in [1.165, 1.54) is 74.9 Å². The molecule has 0 aliphatic rings. The molecule has 30 heavy (non-hydrogen) atoms. The topological polar surface area (TPSA) is 9.23 Å². The average molecular weight is 405 g/mol. The van der Waals surface area contributed by atoms with Gasteiger partial charge in [0.15, 0.2) is 0 Å². The van der Waals surface area contributed by atoms with Gasteiger partial charge in [-0.05, 0) is 125 Å². The summed E-state index contributed by atoms with van der Waals surface area (Å²) in [6.07, 6.45) is 4.86. The number of rotatable bonds is 6. The lowest BCUT2D eigenvalue weighted by molar-refractivity contribution is 0.335. The molecule has 0 heterocycles. The fourth-order valence-corrected chi connectivity index (χ4v) is 4.38. The third-order valence-corrected chi connectivity index (χ3v) is 7.00. The Morgan fingerprint density at radius 2 is 1.07 bits per heavy atom. The van der Waals surface area contributed by atoms with Crippen molar-refractivity contribution in [1.82, 2.24) is 0 Å². The van der Waals surface area contributed by atoms with Crippen molar-refractivity contribution in [1.29, 1.82) is 0 Å². The first-order valence-electron chi connectivity index (χ1n) is 11.5. The second kappa shape index (κ2) is 10.2. The number of unbranched alkanes of at least 4 members (excludes halogenated alkanes) is 2. The van der Waals surface area contributed by atoms with E-state index in [1.807, 2.05) is 6.92 Å². The molecule has 2 aromatic carbocycles. The monoisotopic (exact) mass is 404 g/mol. The molecule has 0 saturated carbocycles. The van der Waals surface area contributed by atoms with Crippen molar-refractivity contribution >= 4 is 0 Å². The van der Waals surface area contributed by atoms with Gasteiger partial charge in [-0.15, -0.1) is 0 Å². The average Bonchev–Trinajstić information content (AvgIpc) is 2.73. The molecule has 0 amide bonds. The molecule has 0 radical (unpaired) electrons. The maximum absolute atomic E-state index is 5.94. The quantitative estimate of drug-likeness (QED) is 0.354. The van der Waals surface area contributed by atoms with Crippen LogP contribution in [0.4, 0.5) is 0 Å². The van der Waals surface area contributed by atoms with Crippen molar-refractivity contribution in [2.24, 2.45) is 0 Å². The van der Waals surface area contributed by atoms with Crippen LogP contribution in [0.15, 0.2) is 0 Å². The van der Waals surface area contributed by atoms with Crippen LogP contribution in [0.1, 0.15) is 94.3 Å². The highest BCUT2D eigenvalue weighted by Crippen LogP contribution is 2.33. The Bertz CT molecular complexity index is 967. The minimum Gasteiger partial charge on any atom is -0.493 e. The minimum atomic E-state index is 0.688. The summed E-state index contributed by atoms with van der Waals surface area (Å²) < 4.78 is 5.94. The molecule has 0 saturated heterocycles. The predicted molar refractivity (Wildman–Crippen MR) is 131 cm³/mol. The molecule has 0 aliphatic carbocycles. The van der Waals surface area contributed by atoms with E-state index in [1.54, 1.807) is 0 Å². The molecular formula is C29H40O. The number of ether oxygens (including phenoxy) is 1. The van der Waals surface area contributed by atoms with E-state index in [-0.39, 0.29) is 0 Å². The molecule has 2 rings (SSSR count). The van der Waals surface area contributed by atoms with Gasteiger partial charge in [-0.2, -0.15) is 0 Å². The van der Waals surface area contributed by atoms with Gasteiger partial charge in [-0.25, -0.2) is 0 Å². The third-order valence-electron chi connectivity index (χ3n) is 7.00. The highest BCUT2D eigenvalue weighted by molar-refractivity contribution is 5.63. The summed E-state index contributed by atoms with van der Waals surface area (Å²) in [5, 5.41) is 0. The van der Waals surface area contributed by atoms with Gasteiger partial charge in [0.25, 0.3) is 0 Å². The van der Waals surface area contributed by atoms with Crippen LogP contribution in [0.5, 0.6) is 5.75 Å². The zero-order valence-corrected chi connectivity index (χ0v) is 20.9. The van der Waals surface area contributed by atoms with Crippen molar-refractivity contribution in [2.45, 2.75) is 94.9 Å². The molecule has 0 spiro atoms. The van der Waals surface area contributed by atoms with Crippen LogP contribution in [0, 0.1) is 67.2 Å². The van der Waals surface area contributed by atoms with Gasteiger partial charge >= 0.3 is 0 Å². The zero-order chi connectivity index (χ0) is 22.6. The van der Waals surface area contributed by atoms with Crippen LogP contribution in [0.25, 0.3) is 0 Å². The Labute approximate surface area is 185 Å².